The molecule has 1 unspecified atom stereocenters. The van der Waals surface area contributed by atoms with Crippen molar-refractivity contribution >= 4 is 23.4 Å². The van der Waals surface area contributed by atoms with Crippen LogP contribution in [0.15, 0.2) is 30.3 Å². The zero-order valence-electron chi connectivity index (χ0n) is 16.1. The molecule has 0 aliphatic heterocycles. The van der Waals surface area contributed by atoms with E-state index >= 15 is 0 Å². The van der Waals surface area contributed by atoms with Gasteiger partial charge in [0.25, 0.3) is 5.91 Å². The lowest BCUT2D eigenvalue weighted by Gasteiger charge is -2.40. The number of carboxylic acids is 1. The first-order valence-corrected chi connectivity index (χ1v) is 9.31. The molecule has 1 aromatic rings. The van der Waals surface area contributed by atoms with Crippen molar-refractivity contribution in [3.05, 3.63) is 35.9 Å². The molecule has 0 radical (unpaired) electrons. The van der Waals surface area contributed by atoms with Crippen molar-refractivity contribution in [3.8, 4) is 0 Å². The molecule has 2 rings (SSSR count). The Morgan fingerprint density at radius 2 is 1.52 bits per heavy atom. The first kappa shape index (κ1) is 20.8. The number of benzene rings is 1. The standard InChI is InChI=1S/C21H27NO5/c1-20(2,3)21(19(26)27,22-18(25)15-12-8-5-9-13-15)17(24)16(23)14-10-6-4-7-11-14/h5,8-9,12-14H,4,6-7,10-11H2,1-3H3,(H,22,25)(H,26,27). The van der Waals surface area contributed by atoms with Gasteiger partial charge in [0, 0.05) is 16.9 Å². The van der Waals surface area contributed by atoms with Gasteiger partial charge >= 0.3 is 5.97 Å². The minimum absolute atomic E-state index is 0.227. The SMILES string of the molecule is CC(C)(C)C(NC(=O)c1ccccc1)(C(=O)O)C(=O)C(=O)C1CCCCC1. The molecule has 1 amide bonds. The van der Waals surface area contributed by atoms with Crippen molar-refractivity contribution < 1.29 is 24.3 Å². The Labute approximate surface area is 159 Å². The van der Waals surface area contributed by atoms with E-state index in [0.717, 1.165) is 19.3 Å². The summed E-state index contributed by atoms with van der Waals surface area (Å²) in [7, 11) is 0. The van der Waals surface area contributed by atoms with Crippen molar-refractivity contribution in [3.63, 3.8) is 0 Å². The minimum Gasteiger partial charge on any atom is -0.479 e. The summed E-state index contributed by atoms with van der Waals surface area (Å²) in [4.78, 5) is 51.0. The third-order valence-corrected chi connectivity index (χ3v) is 5.32. The fourth-order valence-electron chi connectivity index (χ4n) is 3.62. The van der Waals surface area contributed by atoms with Gasteiger partial charge in [-0.15, -0.1) is 0 Å². The minimum atomic E-state index is -2.32. The number of rotatable bonds is 6. The molecule has 0 aromatic heterocycles. The van der Waals surface area contributed by atoms with E-state index in [4.69, 9.17) is 0 Å². The number of carboxylic acid groups (broad SMARTS) is 1. The van der Waals surface area contributed by atoms with Gasteiger partial charge in [-0.3, -0.25) is 14.4 Å². The molecule has 0 bridgehead atoms. The van der Waals surface area contributed by atoms with Gasteiger partial charge in [-0.2, -0.15) is 0 Å². The molecule has 146 valence electrons. The van der Waals surface area contributed by atoms with Gasteiger partial charge in [0.15, 0.2) is 0 Å². The smallest absolute Gasteiger partial charge is 0.338 e. The Balaban J connectivity index is 2.43. The number of ketones is 2. The van der Waals surface area contributed by atoms with E-state index in [1.807, 2.05) is 0 Å². The van der Waals surface area contributed by atoms with Crippen LogP contribution in [-0.2, 0) is 14.4 Å². The highest BCUT2D eigenvalue weighted by molar-refractivity contribution is 6.46. The Hall–Kier alpha value is -2.50. The van der Waals surface area contributed by atoms with Crippen LogP contribution in [0.3, 0.4) is 0 Å². The monoisotopic (exact) mass is 373 g/mol. The summed E-state index contributed by atoms with van der Waals surface area (Å²) in [5, 5.41) is 12.4. The molecule has 1 atom stereocenters. The zero-order valence-corrected chi connectivity index (χ0v) is 16.1. The molecule has 27 heavy (non-hydrogen) atoms. The molecule has 6 nitrogen and oxygen atoms in total. The van der Waals surface area contributed by atoms with Gasteiger partial charge in [0.2, 0.25) is 17.1 Å². The summed E-state index contributed by atoms with van der Waals surface area (Å²) in [6.45, 7) is 4.62. The summed E-state index contributed by atoms with van der Waals surface area (Å²) in [5.74, 6) is -4.42. The number of carbonyl (C=O) groups is 4. The van der Waals surface area contributed by atoms with Crippen molar-refractivity contribution in [2.24, 2.45) is 11.3 Å². The first-order chi connectivity index (χ1) is 12.6. The number of hydrogen-bond acceptors (Lipinski definition) is 4. The lowest BCUT2D eigenvalue weighted by atomic mass is 9.67. The molecule has 1 aliphatic rings. The Kier molecular flexibility index (Phi) is 6.19. The molecule has 1 fully saturated rings. The maximum absolute atomic E-state index is 13.2. The van der Waals surface area contributed by atoms with Gasteiger partial charge in [-0.1, -0.05) is 58.2 Å². The fraction of sp³-hybridized carbons (Fsp3) is 0.524. The van der Waals surface area contributed by atoms with E-state index in [-0.39, 0.29) is 5.56 Å². The number of nitrogens with one attached hydrogen (secondary N) is 1. The summed E-state index contributed by atoms with van der Waals surface area (Å²) in [6.07, 6.45) is 3.85. The van der Waals surface area contributed by atoms with E-state index in [9.17, 15) is 24.3 Å². The second-order valence-corrected chi connectivity index (χ2v) is 8.15. The molecule has 0 spiro atoms. The summed E-state index contributed by atoms with van der Waals surface area (Å²) in [5.41, 5.74) is -3.30. The van der Waals surface area contributed by atoms with E-state index in [1.54, 1.807) is 39.0 Å². The Morgan fingerprint density at radius 3 is 2.00 bits per heavy atom. The summed E-state index contributed by atoms with van der Waals surface area (Å²) >= 11 is 0. The third-order valence-electron chi connectivity index (χ3n) is 5.32. The van der Waals surface area contributed by atoms with E-state index in [1.165, 1.54) is 12.1 Å². The molecular weight excluding hydrogens is 346 g/mol. The highest BCUT2D eigenvalue weighted by atomic mass is 16.4. The number of hydrogen-bond donors (Lipinski definition) is 2. The van der Waals surface area contributed by atoms with Gasteiger partial charge < -0.3 is 10.4 Å². The average Bonchev–Trinajstić information content (AvgIpc) is 2.64. The van der Waals surface area contributed by atoms with Gasteiger partial charge in [0.1, 0.15) is 0 Å². The topological polar surface area (TPSA) is 101 Å². The van der Waals surface area contributed by atoms with Crippen molar-refractivity contribution in [2.45, 2.75) is 58.4 Å². The van der Waals surface area contributed by atoms with Crippen molar-refractivity contribution in [1.29, 1.82) is 0 Å². The average molecular weight is 373 g/mol. The molecule has 6 heteroatoms. The van der Waals surface area contributed by atoms with E-state index in [0.29, 0.717) is 12.8 Å². The summed E-state index contributed by atoms with van der Waals surface area (Å²) < 4.78 is 0. The molecule has 1 saturated carbocycles. The predicted octanol–water partition coefficient (Wildman–Crippen LogP) is 3.00. The largest absolute Gasteiger partial charge is 0.479 e. The van der Waals surface area contributed by atoms with Gasteiger partial charge in [0.05, 0.1) is 0 Å². The predicted molar refractivity (Wildman–Crippen MR) is 100 cm³/mol. The quantitative estimate of drug-likeness (QED) is 0.590. The van der Waals surface area contributed by atoms with Gasteiger partial charge in [-0.05, 0) is 25.0 Å². The third kappa shape index (κ3) is 4.10. The number of carbonyl (C=O) groups excluding carboxylic acids is 3. The number of Topliss-reactive ketones (excluding diaryl/α,β-unsaturated/α-hetero) is 2. The van der Waals surface area contributed by atoms with Crippen LogP contribution in [-0.4, -0.2) is 34.1 Å². The highest BCUT2D eigenvalue weighted by Gasteiger charge is 2.59. The molecule has 2 N–H and O–H groups in total. The van der Waals surface area contributed by atoms with Crippen LogP contribution >= 0.6 is 0 Å². The van der Waals surface area contributed by atoms with Crippen molar-refractivity contribution in [1.82, 2.24) is 5.32 Å². The second-order valence-electron chi connectivity index (χ2n) is 8.15. The number of aliphatic carboxylic acids is 1. The van der Waals surface area contributed by atoms with Crippen LogP contribution in [0.25, 0.3) is 0 Å². The maximum Gasteiger partial charge on any atom is 0.338 e. The normalized spacial score (nSPS) is 17.6. The maximum atomic E-state index is 13.2. The van der Waals surface area contributed by atoms with Gasteiger partial charge in [-0.25, -0.2) is 4.79 Å². The molecule has 1 aromatic carbocycles. The lowest BCUT2D eigenvalue weighted by molar-refractivity contribution is -0.160. The van der Waals surface area contributed by atoms with Crippen molar-refractivity contribution in [2.75, 3.05) is 0 Å². The van der Waals surface area contributed by atoms with Crippen LogP contribution in [0, 0.1) is 11.3 Å². The molecule has 0 saturated heterocycles. The Morgan fingerprint density at radius 1 is 0.963 bits per heavy atom. The van der Waals surface area contributed by atoms with Crippen LogP contribution in [0.1, 0.15) is 63.2 Å². The molecule has 1 aliphatic carbocycles. The highest BCUT2D eigenvalue weighted by Crippen LogP contribution is 2.35. The first-order valence-electron chi connectivity index (χ1n) is 9.31. The van der Waals surface area contributed by atoms with Crippen LogP contribution in [0.4, 0.5) is 0 Å². The molecular formula is C21H27NO5. The van der Waals surface area contributed by atoms with Crippen LogP contribution in [0.5, 0.6) is 0 Å². The second kappa shape index (κ2) is 8.03. The fourth-order valence-corrected chi connectivity index (χ4v) is 3.62. The van der Waals surface area contributed by atoms with E-state index in [2.05, 4.69) is 5.32 Å². The zero-order chi connectivity index (χ0) is 20.2. The molecule has 0 heterocycles. The van der Waals surface area contributed by atoms with E-state index < -0.39 is 40.3 Å². The van der Waals surface area contributed by atoms with Crippen LogP contribution < -0.4 is 5.32 Å². The lowest BCUT2D eigenvalue weighted by Crippen LogP contribution is -2.69. The summed E-state index contributed by atoms with van der Waals surface area (Å²) in [6, 6.07) is 8.06. The number of amides is 1. The van der Waals surface area contributed by atoms with Crippen LogP contribution in [0.2, 0.25) is 0 Å². The Bertz CT molecular complexity index is 729.